The zero-order chi connectivity index (χ0) is 27.0. The average Bonchev–Trinajstić information content (AvgIpc) is 3.62. The molecule has 38 heavy (non-hydrogen) atoms. The molecule has 2 amide bonds. The van der Waals surface area contributed by atoms with Crippen LogP contribution in [0, 0.1) is 5.92 Å². The third-order valence-electron chi connectivity index (χ3n) is 7.42. The zero-order valence-electron chi connectivity index (χ0n) is 21.9. The van der Waals surface area contributed by atoms with Gasteiger partial charge in [-0.15, -0.1) is 22.9 Å². The van der Waals surface area contributed by atoms with Gasteiger partial charge >= 0.3 is 0 Å². The molecule has 3 fully saturated rings. The number of nitrogens with one attached hydrogen (secondary N) is 1. The first-order chi connectivity index (χ1) is 18.2. The number of rotatable bonds is 7. The van der Waals surface area contributed by atoms with Crippen molar-refractivity contribution in [3.05, 3.63) is 35.2 Å². The highest BCUT2D eigenvalue weighted by Crippen LogP contribution is 2.32. The monoisotopic (exact) mass is 559 g/mol. The molecule has 1 aromatic carbocycles. The number of likely N-dealkylation sites (tertiary alicyclic amines) is 1. The second-order valence-electron chi connectivity index (χ2n) is 10.7. The highest BCUT2D eigenvalue weighted by atomic mass is 35.5. The molecule has 0 bridgehead atoms. The molecule has 0 saturated carbocycles. The lowest BCUT2D eigenvalue weighted by Crippen LogP contribution is -2.52. The van der Waals surface area contributed by atoms with Crippen molar-refractivity contribution in [1.29, 1.82) is 0 Å². The van der Waals surface area contributed by atoms with E-state index in [0.717, 1.165) is 42.6 Å². The largest absolute Gasteiger partial charge is 0.366 e. The number of hydrogen-bond donors (Lipinski definition) is 1. The first-order valence-electron chi connectivity index (χ1n) is 13.1. The van der Waals surface area contributed by atoms with Gasteiger partial charge in [-0.1, -0.05) is 26.0 Å². The van der Waals surface area contributed by atoms with Gasteiger partial charge in [0, 0.05) is 49.2 Å². The Morgan fingerprint density at radius 1 is 1.18 bits per heavy atom. The highest BCUT2D eigenvalue weighted by Gasteiger charge is 2.52. The second-order valence-corrected chi connectivity index (χ2v) is 12.1. The van der Waals surface area contributed by atoms with Crippen molar-refractivity contribution in [3.63, 3.8) is 0 Å². The number of benzene rings is 1. The molecule has 5 rings (SSSR count). The van der Waals surface area contributed by atoms with Crippen molar-refractivity contribution in [1.82, 2.24) is 20.1 Å². The summed E-state index contributed by atoms with van der Waals surface area (Å²) in [6.07, 6.45) is -0.0366. The molecule has 9 nitrogen and oxygen atoms in total. The maximum Gasteiger partial charge on any atom is 0.251 e. The molecule has 3 aliphatic rings. The first-order valence-corrected chi connectivity index (χ1v) is 14.4. The SMILES string of the molecule is CC(C)CC(NC(=O)c1ccc(-c2csc(N3CCN(C)CC3)n2)cc1)C(=O)N1CC(Cl)C2OCC(=O)C21. The molecule has 0 radical (unpaired) electrons. The van der Waals surface area contributed by atoms with Crippen LogP contribution in [0.3, 0.4) is 0 Å². The number of thiazole rings is 1. The van der Waals surface area contributed by atoms with Gasteiger partial charge in [0.25, 0.3) is 5.91 Å². The number of hydrogen-bond acceptors (Lipinski definition) is 8. The summed E-state index contributed by atoms with van der Waals surface area (Å²) < 4.78 is 5.51. The summed E-state index contributed by atoms with van der Waals surface area (Å²) in [7, 11) is 2.13. The van der Waals surface area contributed by atoms with E-state index in [0.29, 0.717) is 12.0 Å². The summed E-state index contributed by atoms with van der Waals surface area (Å²) in [5.74, 6) is -0.611. The Kier molecular flexibility index (Phi) is 8.04. The number of Topliss-reactive ketones (excluding diaryl/α,β-unsaturated/α-hetero) is 1. The average molecular weight is 560 g/mol. The zero-order valence-corrected chi connectivity index (χ0v) is 23.5. The molecule has 1 aromatic heterocycles. The minimum atomic E-state index is -0.761. The Balaban J connectivity index is 1.26. The Morgan fingerprint density at radius 2 is 1.89 bits per heavy atom. The number of alkyl halides is 1. The van der Waals surface area contributed by atoms with Crippen LogP contribution in [-0.4, -0.2) is 102 Å². The molecule has 2 aromatic rings. The number of likely N-dealkylation sites (N-methyl/N-ethyl adjacent to an activating group) is 1. The number of carbonyl (C=O) groups is 3. The van der Waals surface area contributed by atoms with Gasteiger partial charge in [-0.3, -0.25) is 14.4 Å². The van der Waals surface area contributed by atoms with Crippen LogP contribution >= 0.6 is 22.9 Å². The molecule has 4 unspecified atom stereocenters. The van der Waals surface area contributed by atoms with E-state index in [9.17, 15) is 14.4 Å². The van der Waals surface area contributed by atoms with Gasteiger partial charge < -0.3 is 24.8 Å². The van der Waals surface area contributed by atoms with E-state index in [-0.39, 0.29) is 36.7 Å². The number of aromatic nitrogens is 1. The lowest BCUT2D eigenvalue weighted by molar-refractivity contribution is -0.138. The quantitative estimate of drug-likeness (QED) is 0.521. The summed E-state index contributed by atoms with van der Waals surface area (Å²) in [6, 6.07) is 5.84. The second kappa shape index (κ2) is 11.3. The Hall–Kier alpha value is -2.53. The van der Waals surface area contributed by atoms with Gasteiger partial charge in [0.2, 0.25) is 5.91 Å². The number of nitrogens with zero attached hydrogens (tertiary/aromatic N) is 4. The van der Waals surface area contributed by atoms with Crippen LogP contribution in [0.4, 0.5) is 5.13 Å². The van der Waals surface area contributed by atoms with Crippen LogP contribution in [0.25, 0.3) is 11.3 Å². The fourth-order valence-corrected chi connectivity index (χ4v) is 6.54. The molecule has 4 atom stereocenters. The van der Waals surface area contributed by atoms with Crippen LogP contribution in [0.15, 0.2) is 29.6 Å². The summed E-state index contributed by atoms with van der Waals surface area (Å²) in [6.45, 7) is 8.15. The Morgan fingerprint density at radius 3 is 2.58 bits per heavy atom. The van der Waals surface area contributed by atoms with E-state index in [4.69, 9.17) is 21.3 Å². The van der Waals surface area contributed by atoms with E-state index in [1.54, 1.807) is 23.5 Å². The molecular weight excluding hydrogens is 526 g/mol. The fraction of sp³-hybridized carbons (Fsp3) is 0.556. The van der Waals surface area contributed by atoms with Crippen molar-refractivity contribution in [2.45, 2.75) is 43.8 Å². The number of halogens is 1. The molecule has 0 aliphatic carbocycles. The van der Waals surface area contributed by atoms with E-state index < -0.39 is 23.6 Å². The van der Waals surface area contributed by atoms with E-state index in [1.807, 2.05) is 31.4 Å². The number of ketones is 1. The first kappa shape index (κ1) is 27.1. The predicted octanol–water partition coefficient (Wildman–Crippen LogP) is 2.49. The molecule has 1 N–H and O–H groups in total. The Bertz CT molecular complexity index is 1180. The maximum absolute atomic E-state index is 13.5. The third kappa shape index (κ3) is 5.59. The van der Waals surface area contributed by atoms with Crippen molar-refractivity contribution in [2.75, 3.05) is 51.3 Å². The topological polar surface area (TPSA) is 95.1 Å². The number of piperazine rings is 1. The maximum atomic E-state index is 13.5. The number of ether oxygens (including phenoxy) is 1. The van der Waals surface area contributed by atoms with Gasteiger partial charge in [-0.25, -0.2) is 4.98 Å². The van der Waals surface area contributed by atoms with E-state index >= 15 is 0 Å². The fourth-order valence-electron chi connectivity index (χ4n) is 5.29. The van der Waals surface area contributed by atoms with E-state index in [1.165, 1.54) is 4.90 Å². The normalized spacial score (nSPS) is 24.7. The lowest BCUT2D eigenvalue weighted by atomic mass is 10.0. The van der Waals surface area contributed by atoms with Crippen LogP contribution < -0.4 is 10.2 Å². The summed E-state index contributed by atoms with van der Waals surface area (Å²) >= 11 is 8.01. The smallest absolute Gasteiger partial charge is 0.251 e. The van der Waals surface area contributed by atoms with Crippen LogP contribution in [0.1, 0.15) is 30.6 Å². The number of fused-ring (bicyclic) bond motifs is 1. The summed E-state index contributed by atoms with van der Waals surface area (Å²) in [5.41, 5.74) is 2.27. The molecule has 0 spiro atoms. The molecule has 3 saturated heterocycles. The molecule has 4 heterocycles. The van der Waals surface area contributed by atoms with Crippen molar-refractivity contribution < 1.29 is 19.1 Å². The van der Waals surface area contributed by atoms with Crippen LogP contribution in [-0.2, 0) is 14.3 Å². The van der Waals surface area contributed by atoms with Crippen LogP contribution in [0.2, 0.25) is 0 Å². The van der Waals surface area contributed by atoms with Crippen molar-refractivity contribution >= 4 is 45.7 Å². The molecular formula is C27H34ClN5O4S. The number of carbonyl (C=O) groups excluding carboxylic acids is 3. The summed E-state index contributed by atoms with van der Waals surface area (Å²) in [4.78, 5) is 50.0. The van der Waals surface area contributed by atoms with Gasteiger partial charge in [0.05, 0.1) is 11.1 Å². The number of amides is 2. The standard InChI is InChI=1S/C27H34ClN5O4S/c1-16(2)12-20(26(36)33-13-19(28)24-23(33)22(34)14-37-24)29-25(35)18-6-4-17(5-7-18)21-15-38-27(30-21)32-10-8-31(3)9-11-32/h4-7,15-16,19-20,23-24H,8-14H2,1-3H3,(H,29,35). The molecule has 3 aliphatic heterocycles. The van der Waals surface area contributed by atoms with Crippen LogP contribution in [0.5, 0.6) is 0 Å². The van der Waals surface area contributed by atoms with Gasteiger partial charge in [-0.05, 0) is 31.5 Å². The minimum Gasteiger partial charge on any atom is -0.366 e. The highest BCUT2D eigenvalue weighted by molar-refractivity contribution is 7.14. The summed E-state index contributed by atoms with van der Waals surface area (Å²) in [5, 5.41) is 5.52. The molecule has 11 heteroatoms. The van der Waals surface area contributed by atoms with Gasteiger partial charge in [-0.2, -0.15) is 0 Å². The Labute approximate surface area is 232 Å². The van der Waals surface area contributed by atoms with Gasteiger partial charge in [0.15, 0.2) is 10.9 Å². The number of anilines is 1. The van der Waals surface area contributed by atoms with Gasteiger partial charge in [0.1, 0.15) is 24.8 Å². The van der Waals surface area contributed by atoms with Crippen molar-refractivity contribution in [3.8, 4) is 11.3 Å². The predicted molar refractivity (Wildman–Crippen MR) is 148 cm³/mol. The third-order valence-corrected chi connectivity index (χ3v) is 8.71. The van der Waals surface area contributed by atoms with Crippen molar-refractivity contribution in [2.24, 2.45) is 5.92 Å². The molecule has 204 valence electrons. The minimum absolute atomic E-state index is 0.0360. The van der Waals surface area contributed by atoms with E-state index in [2.05, 4.69) is 22.2 Å². The lowest BCUT2D eigenvalue weighted by Gasteiger charge is -2.32.